The van der Waals surface area contributed by atoms with Crippen molar-refractivity contribution >= 4 is 23.7 Å². The van der Waals surface area contributed by atoms with Crippen LogP contribution >= 0.6 is 23.7 Å². The van der Waals surface area contributed by atoms with Crippen LogP contribution in [0, 0.1) is 5.92 Å². The third-order valence-electron chi connectivity index (χ3n) is 4.59. The molecule has 2 aromatic heterocycles. The van der Waals surface area contributed by atoms with E-state index in [4.69, 9.17) is 5.10 Å². The van der Waals surface area contributed by atoms with Gasteiger partial charge in [-0.2, -0.15) is 5.10 Å². The molecule has 0 radical (unpaired) electrons. The van der Waals surface area contributed by atoms with Crippen molar-refractivity contribution in [1.29, 1.82) is 0 Å². The Morgan fingerprint density at radius 3 is 2.73 bits per heavy atom. The second-order valence-corrected chi connectivity index (χ2v) is 7.32. The molecule has 7 heteroatoms. The number of benzene rings is 1. The van der Waals surface area contributed by atoms with Gasteiger partial charge in [0, 0.05) is 43.9 Å². The van der Waals surface area contributed by atoms with Crippen LogP contribution in [0.25, 0.3) is 16.3 Å². The molecule has 3 N–H and O–H groups in total. The first-order valence-corrected chi connectivity index (χ1v) is 9.46. The lowest BCUT2D eigenvalue weighted by Crippen LogP contribution is -2.30. The zero-order valence-electron chi connectivity index (χ0n) is 14.3. The molecule has 0 saturated carbocycles. The highest BCUT2D eigenvalue weighted by molar-refractivity contribution is 7.13. The molecule has 2 unspecified atom stereocenters. The van der Waals surface area contributed by atoms with Gasteiger partial charge < -0.3 is 15.7 Å². The van der Waals surface area contributed by atoms with Crippen LogP contribution in [0.5, 0.6) is 0 Å². The third kappa shape index (κ3) is 4.16. The maximum Gasteiger partial charge on any atom is 0.107 e. The van der Waals surface area contributed by atoms with Crippen molar-refractivity contribution < 1.29 is 5.11 Å². The standard InChI is InChI=1S/C19H22N4OS.ClH/c24-17-12-21-10-14(17)9-20-11-15-13-23(16-5-2-1-3-6-16)22-19(15)18-7-4-8-25-18;/h1-8,13-14,17,20-21,24H,9-12H2;1H. The number of nitrogens with one attached hydrogen (secondary N) is 2. The molecule has 3 heterocycles. The highest BCUT2D eigenvalue weighted by Gasteiger charge is 2.24. The monoisotopic (exact) mass is 390 g/mol. The fourth-order valence-electron chi connectivity index (χ4n) is 3.19. The van der Waals surface area contributed by atoms with Gasteiger partial charge in [-0.25, -0.2) is 4.68 Å². The predicted molar refractivity (Wildman–Crippen MR) is 108 cm³/mol. The van der Waals surface area contributed by atoms with E-state index < -0.39 is 0 Å². The molecule has 0 amide bonds. The highest BCUT2D eigenvalue weighted by atomic mass is 35.5. The average Bonchev–Trinajstić information content (AvgIpc) is 3.37. The molecule has 26 heavy (non-hydrogen) atoms. The van der Waals surface area contributed by atoms with Gasteiger partial charge in [0.2, 0.25) is 0 Å². The summed E-state index contributed by atoms with van der Waals surface area (Å²) in [6, 6.07) is 14.3. The van der Waals surface area contributed by atoms with Gasteiger partial charge in [0.25, 0.3) is 0 Å². The van der Waals surface area contributed by atoms with Gasteiger partial charge in [0.1, 0.15) is 5.69 Å². The van der Waals surface area contributed by atoms with Crippen molar-refractivity contribution in [2.24, 2.45) is 5.92 Å². The SMILES string of the molecule is Cl.OC1CNCC1CNCc1cn(-c2ccccc2)nc1-c1cccs1. The van der Waals surface area contributed by atoms with Crippen LogP contribution in [-0.4, -0.2) is 40.6 Å². The summed E-state index contributed by atoms with van der Waals surface area (Å²) in [5, 5.41) is 23.5. The predicted octanol–water partition coefficient (Wildman–Crippen LogP) is 2.69. The smallest absolute Gasteiger partial charge is 0.107 e. The number of aliphatic hydroxyl groups excluding tert-OH is 1. The van der Waals surface area contributed by atoms with Gasteiger partial charge in [-0.3, -0.25) is 0 Å². The van der Waals surface area contributed by atoms with Gasteiger partial charge in [0.15, 0.2) is 0 Å². The number of β-amino-alcohol motifs (C(OH)–C–C–N with tert-alkyl or cyclic N) is 1. The van der Waals surface area contributed by atoms with Crippen LogP contribution in [0.4, 0.5) is 0 Å². The van der Waals surface area contributed by atoms with Gasteiger partial charge in [0.05, 0.1) is 16.7 Å². The summed E-state index contributed by atoms with van der Waals surface area (Å²) in [5.41, 5.74) is 3.25. The Morgan fingerprint density at radius 2 is 2.04 bits per heavy atom. The minimum atomic E-state index is -0.253. The highest BCUT2D eigenvalue weighted by Crippen LogP contribution is 2.27. The van der Waals surface area contributed by atoms with Crippen LogP contribution < -0.4 is 10.6 Å². The van der Waals surface area contributed by atoms with Crippen LogP contribution in [0.1, 0.15) is 5.56 Å². The molecule has 0 spiro atoms. The van der Waals surface area contributed by atoms with Crippen molar-refractivity contribution in [3.63, 3.8) is 0 Å². The number of para-hydroxylation sites is 1. The summed E-state index contributed by atoms with van der Waals surface area (Å²) in [5.74, 6) is 0.273. The first-order chi connectivity index (χ1) is 12.3. The summed E-state index contributed by atoms with van der Waals surface area (Å²) >= 11 is 1.70. The molecule has 1 aromatic carbocycles. The van der Waals surface area contributed by atoms with E-state index >= 15 is 0 Å². The maximum absolute atomic E-state index is 9.93. The van der Waals surface area contributed by atoms with Gasteiger partial charge in [-0.05, 0) is 23.6 Å². The average molecular weight is 391 g/mol. The third-order valence-corrected chi connectivity index (χ3v) is 5.47. The molecule has 0 aliphatic carbocycles. The number of rotatable bonds is 6. The van der Waals surface area contributed by atoms with Gasteiger partial charge in [-0.1, -0.05) is 24.3 Å². The molecule has 138 valence electrons. The van der Waals surface area contributed by atoms with Gasteiger partial charge >= 0.3 is 0 Å². The van der Waals surface area contributed by atoms with Crippen molar-refractivity contribution in [1.82, 2.24) is 20.4 Å². The van der Waals surface area contributed by atoms with Crippen LogP contribution in [0.2, 0.25) is 0 Å². The second-order valence-electron chi connectivity index (χ2n) is 6.38. The molecule has 1 aliphatic rings. The molecule has 0 bridgehead atoms. The quantitative estimate of drug-likeness (QED) is 0.605. The minimum absolute atomic E-state index is 0. The number of aromatic nitrogens is 2. The summed E-state index contributed by atoms with van der Waals surface area (Å²) < 4.78 is 1.94. The van der Waals surface area contributed by atoms with Crippen molar-refractivity contribution in [3.05, 3.63) is 59.6 Å². The van der Waals surface area contributed by atoms with Crippen LogP contribution in [0.15, 0.2) is 54.0 Å². The zero-order chi connectivity index (χ0) is 17.1. The Balaban J connectivity index is 0.00000196. The molecule has 3 aromatic rings. The lowest BCUT2D eigenvalue weighted by molar-refractivity contribution is 0.146. The normalized spacial score (nSPS) is 19.4. The summed E-state index contributed by atoms with van der Waals surface area (Å²) in [6.07, 6.45) is 1.84. The zero-order valence-corrected chi connectivity index (χ0v) is 16.0. The van der Waals surface area contributed by atoms with Crippen molar-refractivity contribution in [2.45, 2.75) is 12.6 Å². The molecule has 4 rings (SSSR count). The largest absolute Gasteiger partial charge is 0.391 e. The van der Waals surface area contributed by atoms with Crippen molar-refractivity contribution in [3.8, 4) is 16.3 Å². The minimum Gasteiger partial charge on any atom is -0.391 e. The number of hydrogen-bond donors (Lipinski definition) is 3. The van der Waals surface area contributed by atoms with E-state index in [9.17, 15) is 5.11 Å². The Bertz CT molecular complexity index is 806. The molecule has 2 atom stereocenters. The van der Waals surface area contributed by atoms with Crippen LogP contribution in [0.3, 0.4) is 0 Å². The van der Waals surface area contributed by atoms with E-state index in [0.29, 0.717) is 6.54 Å². The summed E-state index contributed by atoms with van der Waals surface area (Å²) in [4.78, 5) is 1.18. The van der Waals surface area contributed by atoms with Crippen molar-refractivity contribution in [2.75, 3.05) is 19.6 Å². The van der Waals surface area contributed by atoms with E-state index in [0.717, 1.165) is 31.0 Å². The molecule has 5 nitrogen and oxygen atoms in total. The van der Waals surface area contributed by atoms with E-state index in [2.05, 4.69) is 46.5 Å². The van der Waals surface area contributed by atoms with Crippen LogP contribution in [-0.2, 0) is 6.54 Å². The molecular weight excluding hydrogens is 368 g/mol. The summed E-state index contributed by atoms with van der Waals surface area (Å²) in [6.45, 7) is 3.10. The number of aliphatic hydroxyl groups is 1. The number of halogens is 1. The topological polar surface area (TPSA) is 62.1 Å². The first-order valence-electron chi connectivity index (χ1n) is 8.58. The second kappa shape index (κ2) is 8.79. The Morgan fingerprint density at radius 1 is 1.19 bits per heavy atom. The van der Waals surface area contributed by atoms with E-state index in [-0.39, 0.29) is 24.4 Å². The first kappa shape index (κ1) is 19.1. The molecule has 1 aliphatic heterocycles. The van der Waals surface area contributed by atoms with E-state index in [1.54, 1.807) is 11.3 Å². The van der Waals surface area contributed by atoms with E-state index in [1.807, 2.05) is 22.9 Å². The molecule has 1 fully saturated rings. The Kier molecular flexibility index (Phi) is 6.45. The van der Waals surface area contributed by atoms with Gasteiger partial charge in [-0.15, -0.1) is 23.7 Å². The maximum atomic E-state index is 9.93. The molecular formula is C19H23ClN4OS. The molecule has 1 saturated heterocycles. The lowest BCUT2D eigenvalue weighted by Gasteiger charge is -2.13. The lowest BCUT2D eigenvalue weighted by atomic mass is 10.1. The number of hydrogen-bond acceptors (Lipinski definition) is 5. The number of nitrogens with zero attached hydrogens (tertiary/aromatic N) is 2. The van der Waals surface area contributed by atoms with E-state index in [1.165, 1.54) is 10.4 Å². The summed E-state index contributed by atoms with van der Waals surface area (Å²) in [7, 11) is 0. The Hall–Kier alpha value is -1.70. The fourth-order valence-corrected chi connectivity index (χ4v) is 3.94. The Labute approximate surface area is 163 Å². The fraction of sp³-hybridized carbons (Fsp3) is 0.316. The number of thiophene rings is 1.